The number of hydrogen-bond acceptors (Lipinski definition) is 2. The van der Waals surface area contributed by atoms with Crippen LogP contribution in [0, 0.1) is 0 Å². The maximum Gasteiger partial charge on any atom is 0.130 e. The van der Waals surface area contributed by atoms with Crippen molar-refractivity contribution in [3.05, 3.63) is 29.8 Å². The van der Waals surface area contributed by atoms with Gasteiger partial charge in [0.25, 0.3) is 0 Å². The summed E-state index contributed by atoms with van der Waals surface area (Å²) in [6.45, 7) is 1.63. The third-order valence-corrected chi connectivity index (χ3v) is 1.98. The number of hydrogen-bond donors (Lipinski definition) is 1. The highest BCUT2D eigenvalue weighted by molar-refractivity contribution is 5.75. The van der Waals surface area contributed by atoms with Crippen LogP contribution in [0.1, 0.15) is 18.9 Å². The number of benzene rings is 1. The third kappa shape index (κ3) is 3.28. The van der Waals surface area contributed by atoms with Crippen LogP contribution in [-0.4, -0.2) is 12.8 Å². The van der Waals surface area contributed by atoms with E-state index in [1.807, 2.05) is 25.2 Å². The molecule has 2 nitrogen and oxygen atoms in total. The number of Topliss-reactive ketones (excluding diaryl/α,β-unsaturated/α-hetero) is 1. The molecule has 1 aromatic carbocycles. The van der Waals surface area contributed by atoms with Crippen molar-refractivity contribution in [3.8, 4) is 0 Å². The molecule has 0 saturated carbocycles. The zero-order valence-electron chi connectivity index (χ0n) is 8.13. The van der Waals surface area contributed by atoms with Crippen LogP contribution in [0.25, 0.3) is 0 Å². The minimum absolute atomic E-state index is 0.245. The lowest BCUT2D eigenvalue weighted by Gasteiger charge is -2.03. The second kappa shape index (κ2) is 4.65. The second-order valence-corrected chi connectivity index (χ2v) is 3.15. The van der Waals surface area contributed by atoms with Crippen molar-refractivity contribution in [2.24, 2.45) is 0 Å². The van der Waals surface area contributed by atoms with Gasteiger partial charge in [-0.25, -0.2) is 0 Å². The number of nitrogens with one attached hydrogen (secondary N) is 1. The Balaban J connectivity index is 2.61. The van der Waals surface area contributed by atoms with Crippen LogP contribution >= 0.6 is 0 Å². The van der Waals surface area contributed by atoms with Crippen LogP contribution in [0.3, 0.4) is 0 Å². The molecular weight excluding hydrogens is 162 g/mol. The van der Waals surface area contributed by atoms with E-state index < -0.39 is 0 Å². The minimum Gasteiger partial charge on any atom is -0.388 e. The van der Waals surface area contributed by atoms with E-state index in [2.05, 4.69) is 11.4 Å². The smallest absolute Gasteiger partial charge is 0.130 e. The monoisotopic (exact) mass is 177 g/mol. The number of carbonyl (C=O) groups excluding carboxylic acids is 1. The zero-order valence-corrected chi connectivity index (χ0v) is 8.13. The van der Waals surface area contributed by atoms with Crippen LogP contribution in [-0.2, 0) is 11.2 Å². The fraction of sp³-hybridized carbons (Fsp3) is 0.364. The van der Waals surface area contributed by atoms with Gasteiger partial charge in [-0.3, -0.25) is 0 Å². The van der Waals surface area contributed by atoms with Crippen LogP contribution < -0.4 is 5.32 Å². The fourth-order valence-corrected chi connectivity index (χ4v) is 1.20. The van der Waals surface area contributed by atoms with Gasteiger partial charge in [-0.2, -0.15) is 0 Å². The molecule has 2 heteroatoms. The SMILES string of the molecule is CNc1cccc(CCC(C)=O)c1. The molecule has 0 amide bonds. The summed E-state index contributed by atoms with van der Waals surface area (Å²) in [5.74, 6) is 0.245. The van der Waals surface area contributed by atoms with Gasteiger partial charge >= 0.3 is 0 Å². The Bertz CT molecular complexity index is 294. The number of carbonyl (C=O) groups is 1. The molecule has 0 bridgehead atoms. The van der Waals surface area contributed by atoms with E-state index in [9.17, 15) is 4.79 Å². The van der Waals surface area contributed by atoms with Crippen molar-refractivity contribution in [1.82, 2.24) is 0 Å². The summed E-state index contributed by atoms with van der Waals surface area (Å²) in [6, 6.07) is 8.13. The standard InChI is InChI=1S/C11H15NO/c1-9(13)6-7-10-4-3-5-11(8-10)12-2/h3-5,8,12H,6-7H2,1-2H3. The summed E-state index contributed by atoms with van der Waals surface area (Å²) in [5, 5.41) is 3.07. The van der Waals surface area contributed by atoms with Gasteiger partial charge in [0.15, 0.2) is 0 Å². The van der Waals surface area contributed by atoms with Crippen molar-refractivity contribution in [2.75, 3.05) is 12.4 Å². The van der Waals surface area contributed by atoms with Crippen molar-refractivity contribution in [2.45, 2.75) is 19.8 Å². The van der Waals surface area contributed by atoms with Crippen LogP contribution in [0.2, 0.25) is 0 Å². The fourth-order valence-electron chi connectivity index (χ4n) is 1.20. The topological polar surface area (TPSA) is 29.1 Å². The highest BCUT2D eigenvalue weighted by Gasteiger charge is 1.97. The molecule has 0 atom stereocenters. The first-order valence-electron chi connectivity index (χ1n) is 4.48. The Morgan fingerprint density at radius 1 is 1.46 bits per heavy atom. The molecule has 1 rings (SSSR count). The Morgan fingerprint density at radius 3 is 2.85 bits per heavy atom. The van der Waals surface area contributed by atoms with Crippen molar-refractivity contribution in [1.29, 1.82) is 0 Å². The first-order valence-corrected chi connectivity index (χ1v) is 4.48. The molecule has 0 fully saturated rings. The van der Waals surface area contributed by atoms with Gasteiger partial charge in [-0.05, 0) is 31.0 Å². The van der Waals surface area contributed by atoms with E-state index in [0.717, 1.165) is 12.1 Å². The van der Waals surface area contributed by atoms with Crippen molar-refractivity contribution < 1.29 is 4.79 Å². The van der Waals surface area contributed by atoms with Crippen LogP contribution in [0.15, 0.2) is 24.3 Å². The summed E-state index contributed by atoms with van der Waals surface area (Å²) >= 11 is 0. The quantitative estimate of drug-likeness (QED) is 0.764. The van der Waals surface area contributed by atoms with Crippen LogP contribution in [0.5, 0.6) is 0 Å². The summed E-state index contributed by atoms with van der Waals surface area (Å²) in [5.41, 5.74) is 2.31. The molecule has 0 aromatic heterocycles. The number of aryl methyl sites for hydroxylation is 1. The molecule has 0 heterocycles. The molecule has 0 aliphatic rings. The highest BCUT2D eigenvalue weighted by Crippen LogP contribution is 2.11. The van der Waals surface area contributed by atoms with Gasteiger partial charge in [0.05, 0.1) is 0 Å². The van der Waals surface area contributed by atoms with Gasteiger partial charge in [0.2, 0.25) is 0 Å². The van der Waals surface area contributed by atoms with E-state index in [4.69, 9.17) is 0 Å². The molecule has 0 saturated heterocycles. The Labute approximate surface area is 79.0 Å². The molecule has 0 aliphatic heterocycles. The van der Waals surface area contributed by atoms with E-state index in [0.29, 0.717) is 6.42 Å². The molecule has 70 valence electrons. The summed E-state index contributed by atoms with van der Waals surface area (Å²) in [6.07, 6.45) is 1.47. The van der Waals surface area contributed by atoms with E-state index in [-0.39, 0.29) is 5.78 Å². The average Bonchev–Trinajstić information content (AvgIpc) is 2.15. The van der Waals surface area contributed by atoms with Gasteiger partial charge in [-0.1, -0.05) is 12.1 Å². The third-order valence-electron chi connectivity index (χ3n) is 1.98. The Morgan fingerprint density at radius 2 is 2.23 bits per heavy atom. The molecule has 0 radical (unpaired) electrons. The lowest BCUT2D eigenvalue weighted by Crippen LogP contribution is -1.95. The normalized spacial score (nSPS) is 9.69. The molecule has 0 aliphatic carbocycles. The van der Waals surface area contributed by atoms with E-state index in [1.165, 1.54) is 5.56 Å². The van der Waals surface area contributed by atoms with Crippen molar-refractivity contribution >= 4 is 11.5 Å². The molecule has 0 unspecified atom stereocenters. The lowest BCUT2D eigenvalue weighted by atomic mass is 10.1. The minimum atomic E-state index is 0.245. The summed E-state index contributed by atoms with van der Waals surface area (Å²) < 4.78 is 0. The van der Waals surface area contributed by atoms with Gasteiger partial charge < -0.3 is 10.1 Å². The van der Waals surface area contributed by atoms with E-state index in [1.54, 1.807) is 6.92 Å². The highest BCUT2D eigenvalue weighted by atomic mass is 16.1. The molecule has 1 aromatic rings. The zero-order chi connectivity index (χ0) is 9.68. The van der Waals surface area contributed by atoms with Crippen LogP contribution in [0.4, 0.5) is 5.69 Å². The first kappa shape index (κ1) is 9.78. The van der Waals surface area contributed by atoms with E-state index >= 15 is 0 Å². The van der Waals surface area contributed by atoms with Gasteiger partial charge in [0, 0.05) is 19.2 Å². The van der Waals surface area contributed by atoms with Crippen molar-refractivity contribution in [3.63, 3.8) is 0 Å². The molecule has 13 heavy (non-hydrogen) atoms. The summed E-state index contributed by atoms with van der Waals surface area (Å²) in [4.78, 5) is 10.8. The molecular formula is C11H15NO. The second-order valence-electron chi connectivity index (χ2n) is 3.15. The Kier molecular flexibility index (Phi) is 3.50. The average molecular weight is 177 g/mol. The maximum absolute atomic E-state index is 10.8. The van der Waals surface area contributed by atoms with Gasteiger partial charge in [-0.15, -0.1) is 0 Å². The predicted molar refractivity (Wildman–Crippen MR) is 55.0 cm³/mol. The first-order chi connectivity index (χ1) is 6.22. The largest absolute Gasteiger partial charge is 0.388 e. The number of anilines is 1. The molecule has 0 spiro atoms. The predicted octanol–water partition coefficient (Wildman–Crippen LogP) is 2.25. The Hall–Kier alpha value is -1.31. The van der Waals surface area contributed by atoms with Gasteiger partial charge in [0.1, 0.15) is 5.78 Å². The molecule has 1 N–H and O–H groups in total. The maximum atomic E-state index is 10.8. The lowest BCUT2D eigenvalue weighted by molar-refractivity contribution is -0.116. The summed E-state index contributed by atoms with van der Waals surface area (Å²) in [7, 11) is 1.89. The number of rotatable bonds is 4. The number of ketones is 1.